The third kappa shape index (κ3) is 4.60. The van der Waals surface area contributed by atoms with Crippen molar-refractivity contribution in [1.82, 2.24) is 15.2 Å². The first-order valence-corrected chi connectivity index (χ1v) is 8.52. The maximum absolute atomic E-state index is 13.1. The van der Waals surface area contributed by atoms with Crippen LogP contribution in [0.4, 0.5) is 13.2 Å². The molecule has 1 fully saturated rings. The van der Waals surface area contributed by atoms with Crippen LogP contribution in [0.5, 0.6) is 0 Å². The number of aromatic nitrogens is 1. The van der Waals surface area contributed by atoms with Gasteiger partial charge in [0.2, 0.25) is 0 Å². The molecule has 0 aliphatic carbocycles. The molecule has 0 unspecified atom stereocenters. The van der Waals surface area contributed by atoms with Gasteiger partial charge in [-0.05, 0) is 43.1 Å². The Balaban J connectivity index is 1.65. The van der Waals surface area contributed by atoms with Crippen molar-refractivity contribution in [2.24, 2.45) is 0 Å². The molecule has 138 valence electrons. The summed E-state index contributed by atoms with van der Waals surface area (Å²) in [6.45, 7) is 2.20. The van der Waals surface area contributed by atoms with Crippen LogP contribution in [0.25, 0.3) is 0 Å². The summed E-state index contributed by atoms with van der Waals surface area (Å²) in [5.74, 6) is -0.675. The van der Waals surface area contributed by atoms with E-state index < -0.39 is 17.6 Å². The van der Waals surface area contributed by atoms with Gasteiger partial charge in [0.1, 0.15) is 0 Å². The van der Waals surface area contributed by atoms with Gasteiger partial charge < -0.3 is 5.32 Å². The molecule has 26 heavy (non-hydrogen) atoms. The van der Waals surface area contributed by atoms with Crippen LogP contribution in [0.15, 0.2) is 48.8 Å². The number of hydrogen-bond acceptors (Lipinski definition) is 3. The number of carbonyl (C=O) groups excluding carboxylic acids is 1. The summed E-state index contributed by atoms with van der Waals surface area (Å²) in [5.41, 5.74) is -0.160. The largest absolute Gasteiger partial charge is 0.417 e. The Morgan fingerprint density at radius 3 is 2.77 bits per heavy atom. The number of nitrogens with zero attached hydrogens (tertiary/aromatic N) is 2. The fourth-order valence-electron chi connectivity index (χ4n) is 3.26. The molecule has 1 aliphatic heterocycles. The molecule has 7 heteroatoms. The number of halogens is 3. The van der Waals surface area contributed by atoms with E-state index in [0.717, 1.165) is 31.0 Å². The van der Waals surface area contributed by atoms with E-state index in [1.54, 1.807) is 12.4 Å². The molecule has 1 aliphatic rings. The fraction of sp³-hybridized carbons (Fsp3) is 0.368. The summed E-state index contributed by atoms with van der Waals surface area (Å²) in [4.78, 5) is 18.7. The van der Waals surface area contributed by atoms with E-state index in [4.69, 9.17) is 0 Å². The number of alkyl halides is 3. The first-order chi connectivity index (χ1) is 12.4. The minimum Gasteiger partial charge on any atom is -0.348 e. The van der Waals surface area contributed by atoms with Gasteiger partial charge in [-0.25, -0.2) is 0 Å². The van der Waals surface area contributed by atoms with E-state index in [2.05, 4.69) is 15.2 Å². The van der Waals surface area contributed by atoms with Crippen molar-refractivity contribution in [3.63, 3.8) is 0 Å². The minimum atomic E-state index is -4.55. The van der Waals surface area contributed by atoms with Crippen LogP contribution in [0.2, 0.25) is 0 Å². The lowest BCUT2D eigenvalue weighted by Gasteiger charge is -2.33. The normalized spacial score (nSPS) is 18.5. The van der Waals surface area contributed by atoms with Crippen LogP contribution in [0.3, 0.4) is 0 Å². The standard InChI is InChI=1S/C19H20F3N3O/c20-19(21,22)17-8-2-1-7-16(17)18(26)24-15-6-4-10-25(13-15)12-14-5-3-9-23-11-14/h1-3,5,7-9,11,15H,4,6,10,12-13H2,(H,24,26)/t15-/m0/s1. The van der Waals surface area contributed by atoms with Crippen molar-refractivity contribution in [1.29, 1.82) is 0 Å². The maximum Gasteiger partial charge on any atom is 0.417 e. The third-order valence-corrected chi connectivity index (χ3v) is 4.45. The van der Waals surface area contributed by atoms with Crippen LogP contribution in [-0.4, -0.2) is 34.9 Å². The van der Waals surface area contributed by atoms with Gasteiger partial charge in [0.25, 0.3) is 5.91 Å². The zero-order valence-corrected chi connectivity index (χ0v) is 14.2. The molecular weight excluding hydrogens is 343 g/mol. The van der Waals surface area contributed by atoms with E-state index in [0.29, 0.717) is 13.1 Å². The van der Waals surface area contributed by atoms with Crippen molar-refractivity contribution in [2.75, 3.05) is 13.1 Å². The molecule has 0 bridgehead atoms. The van der Waals surface area contributed by atoms with Gasteiger partial charge in [-0.2, -0.15) is 13.2 Å². The van der Waals surface area contributed by atoms with E-state index in [-0.39, 0.29) is 11.6 Å². The number of pyridine rings is 1. The lowest BCUT2D eigenvalue weighted by molar-refractivity contribution is -0.137. The predicted octanol–water partition coefficient (Wildman–Crippen LogP) is 3.49. The Kier molecular flexibility index (Phi) is 5.56. The molecule has 1 atom stereocenters. The van der Waals surface area contributed by atoms with Crippen molar-refractivity contribution in [3.8, 4) is 0 Å². The summed E-state index contributed by atoms with van der Waals surface area (Å²) in [6.07, 6.45) is 0.588. The Morgan fingerprint density at radius 2 is 2.04 bits per heavy atom. The molecule has 1 aromatic heterocycles. The van der Waals surface area contributed by atoms with Gasteiger partial charge in [0.15, 0.2) is 0 Å². The van der Waals surface area contributed by atoms with E-state index in [1.807, 2.05) is 12.1 Å². The van der Waals surface area contributed by atoms with Gasteiger partial charge >= 0.3 is 6.18 Å². The van der Waals surface area contributed by atoms with Gasteiger partial charge in [0, 0.05) is 31.5 Å². The lowest BCUT2D eigenvalue weighted by Crippen LogP contribution is -2.47. The lowest BCUT2D eigenvalue weighted by atomic mass is 10.0. The van der Waals surface area contributed by atoms with Crippen LogP contribution in [0.1, 0.15) is 34.3 Å². The van der Waals surface area contributed by atoms with Gasteiger partial charge in [-0.15, -0.1) is 0 Å². The second-order valence-electron chi connectivity index (χ2n) is 6.45. The highest BCUT2D eigenvalue weighted by Crippen LogP contribution is 2.31. The molecule has 1 N–H and O–H groups in total. The molecule has 2 heterocycles. The number of hydrogen-bond donors (Lipinski definition) is 1. The molecule has 0 radical (unpaired) electrons. The average molecular weight is 363 g/mol. The van der Waals surface area contributed by atoms with Gasteiger partial charge in [-0.3, -0.25) is 14.7 Å². The molecule has 4 nitrogen and oxygen atoms in total. The highest BCUT2D eigenvalue weighted by atomic mass is 19.4. The van der Waals surface area contributed by atoms with Crippen molar-refractivity contribution in [2.45, 2.75) is 31.6 Å². The Labute approximate surface area is 150 Å². The van der Waals surface area contributed by atoms with Crippen molar-refractivity contribution < 1.29 is 18.0 Å². The maximum atomic E-state index is 13.1. The van der Waals surface area contributed by atoms with Crippen molar-refractivity contribution >= 4 is 5.91 Å². The molecule has 0 saturated carbocycles. The number of carbonyl (C=O) groups is 1. The van der Waals surface area contributed by atoms with Crippen molar-refractivity contribution in [3.05, 3.63) is 65.5 Å². The first-order valence-electron chi connectivity index (χ1n) is 8.52. The van der Waals surface area contributed by atoms with Gasteiger partial charge in [0.05, 0.1) is 11.1 Å². The second-order valence-corrected chi connectivity index (χ2v) is 6.45. The molecule has 1 saturated heterocycles. The molecular formula is C19H20F3N3O. The molecule has 0 spiro atoms. The Bertz CT molecular complexity index is 749. The number of rotatable bonds is 4. The predicted molar refractivity (Wildman–Crippen MR) is 91.4 cm³/mol. The SMILES string of the molecule is O=C(N[C@H]1CCCN(Cc2cccnc2)C1)c1ccccc1C(F)(F)F. The van der Waals surface area contributed by atoms with E-state index in [9.17, 15) is 18.0 Å². The molecule has 2 aromatic rings. The van der Waals surface area contributed by atoms with Crippen LogP contribution in [-0.2, 0) is 12.7 Å². The number of piperidine rings is 1. The highest BCUT2D eigenvalue weighted by Gasteiger charge is 2.35. The second kappa shape index (κ2) is 7.86. The summed E-state index contributed by atoms with van der Waals surface area (Å²) in [6, 6.07) is 8.56. The summed E-state index contributed by atoms with van der Waals surface area (Å²) in [5, 5.41) is 2.77. The number of amides is 1. The molecule has 1 amide bonds. The third-order valence-electron chi connectivity index (χ3n) is 4.45. The zero-order valence-electron chi connectivity index (χ0n) is 14.2. The Morgan fingerprint density at radius 1 is 1.23 bits per heavy atom. The van der Waals surface area contributed by atoms with Crippen LogP contribution >= 0.6 is 0 Å². The van der Waals surface area contributed by atoms with E-state index in [1.165, 1.54) is 18.2 Å². The highest BCUT2D eigenvalue weighted by molar-refractivity contribution is 5.96. The van der Waals surface area contributed by atoms with E-state index >= 15 is 0 Å². The minimum absolute atomic E-state index is 0.172. The quantitative estimate of drug-likeness (QED) is 0.904. The Hall–Kier alpha value is -2.41. The summed E-state index contributed by atoms with van der Waals surface area (Å²) < 4.78 is 39.3. The summed E-state index contributed by atoms with van der Waals surface area (Å²) in [7, 11) is 0. The van der Waals surface area contributed by atoms with Gasteiger partial charge in [-0.1, -0.05) is 18.2 Å². The topological polar surface area (TPSA) is 45.2 Å². The smallest absolute Gasteiger partial charge is 0.348 e. The average Bonchev–Trinajstić information content (AvgIpc) is 2.62. The number of nitrogens with one attached hydrogen (secondary N) is 1. The number of likely N-dealkylation sites (tertiary alicyclic amines) is 1. The first kappa shape index (κ1) is 18.4. The van der Waals surface area contributed by atoms with Crippen LogP contribution < -0.4 is 5.32 Å². The summed E-state index contributed by atoms with van der Waals surface area (Å²) >= 11 is 0. The zero-order chi connectivity index (χ0) is 18.6. The van der Waals surface area contributed by atoms with Crippen LogP contribution in [0, 0.1) is 0 Å². The molecule has 1 aromatic carbocycles. The fourth-order valence-corrected chi connectivity index (χ4v) is 3.26. The monoisotopic (exact) mass is 363 g/mol. The number of benzene rings is 1. The molecule has 3 rings (SSSR count).